The van der Waals surface area contributed by atoms with Crippen LogP contribution in [0.1, 0.15) is 25.1 Å². The molecule has 0 spiro atoms. The van der Waals surface area contributed by atoms with Gasteiger partial charge in [-0.05, 0) is 49.2 Å². The minimum absolute atomic E-state index is 0.541. The van der Waals surface area contributed by atoms with Crippen LogP contribution in [0.5, 0.6) is 0 Å². The molecular formula is C15H18N2S. The van der Waals surface area contributed by atoms with Crippen LogP contribution in [-0.2, 0) is 6.42 Å². The van der Waals surface area contributed by atoms with Gasteiger partial charge >= 0.3 is 0 Å². The maximum absolute atomic E-state index is 5.12. The van der Waals surface area contributed by atoms with E-state index in [1.807, 2.05) is 13.0 Å². The number of aryl methyl sites for hydroxylation is 1. The van der Waals surface area contributed by atoms with Crippen molar-refractivity contribution >= 4 is 12.2 Å². The molecule has 0 atom stereocenters. The minimum atomic E-state index is 0.541. The van der Waals surface area contributed by atoms with Crippen LogP contribution >= 0.6 is 12.2 Å². The topological polar surface area (TPSA) is 28.7 Å². The molecule has 0 aliphatic heterocycles. The Balaban J connectivity index is 2.41. The van der Waals surface area contributed by atoms with Gasteiger partial charge in [0.2, 0.25) is 0 Å². The molecule has 0 radical (unpaired) electrons. The SMILES string of the molecule is Cc1cc(-c2cccc(CC(C)C)c2)nc(=S)[nH]1. The average molecular weight is 258 g/mol. The van der Waals surface area contributed by atoms with Crippen LogP contribution in [0.3, 0.4) is 0 Å². The zero-order chi connectivity index (χ0) is 13.1. The molecule has 0 aliphatic carbocycles. The standard InChI is InChI=1S/C15H18N2S/c1-10(2)7-12-5-4-6-13(9-12)14-8-11(3)16-15(18)17-14/h4-6,8-10H,7H2,1-3H3,(H,16,17,18). The molecule has 3 heteroatoms. The number of hydrogen-bond acceptors (Lipinski definition) is 2. The van der Waals surface area contributed by atoms with Crippen molar-refractivity contribution in [3.05, 3.63) is 46.4 Å². The summed E-state index contributed by atoms with van der Waals surface area (Å²) in [6, 6.07) is 10.6. The van der Waals surface area contributed by atoms with E-state index in [1.165, 1.54) is 5.56 Å². The van der Waals surface area contributed by atoms with Gasteiger partial charge in [-0.15, -0.1) is 0 Å². The first kappa shape index (κ1) is 13.0. The van der Waals surface area contributed by atoms with Crippen molar-refractivity contribution in [2.45, 2.75) is 27.2 Å². The number of H-pyrrole nitrogens is 1. The van der Waals surface area contributed by atoms with Crippen LogP contribution in [0.4, 0.5) is 0 Å². The molecular weight excluding hydrogens is 240 g/mol. The van der Waals surface area contributed by atoms with E-state index in [0.717, 1.165) is 23.4 Å². The van der Waals surface area contributed by atoms with Crippen LogP contribution < -0.4 is 0 Å². The molecule has 0 saturated carbocycles. The lowest BCUT2D eigenvalue weighted by Crippen LogP contribution is -1.95. The number of hydrogen-bond donors (Lipinski definition) is 1. The van der Waals surface area contributed by atoms with Gasteiger partial charge < -0.3 is 4.98 Å². The molecule has 2 rings (SSSR count). The fraction of sp³-hybridized carbons (Fsp3) is 0.333. The number of rotatable bonds is 3. The van der Waals surface area contributed by atoms with E-state index in [9.17, 15) is 0 Å². The molecule has 1 N–H and O–H groups in total. The van der Waals surface area contributed by atoms with E-state index in [2.05, 4.69) is 48.1 Å². The summed E-state index contributed by atoms with van der Waals surface area (Å²) in [7, 11) is 0. The first-order chi connectivity index (χ1) is 8.54. The summed E-state index contributed by atoms with van der Waals surface area (Å²) in [6.45, 7) is 6.46. The van der Waals surface area contributed by atoms with Gasteiger partial charge in [0.1, 0.15) is 0 Å². The fourth-order valence-electron chi connectivity index (χ4n) is 2.06. The largest absolute Gasteiger partial charge is 0.335 e. The molecule has 0 amide bonds. The highest BCUT2D eigenvalue weighted by atomic mass is 32.1. The highest BCUT2D eigenvalue weighted by Crippen LogP contribution is 2.20. The quantitative estimate of drug-likeness (QED) is 0.831. The van der Waals surface area contributed by atoms with Gasteiger partial charge in [0.25, 0.3) is 0 Å². The maximum Gasteiger partial charge on any atom is 0.197 e. The maximum atomic E-state index is 5.12. The first-order valence-electron chi connectivity index (χ1n) is 6.22. The summed E-state index contributed by atoms with van der Waals surface area (Å²) in [5.41, 5.74) is 4.47. The molecule has 0 bridgehead atoms. The smallest absolute Gasteiger partial charge is 0.197 e. The predicted octanol–water partition coefficient (Wildman–Crippen LogP) is 4.31. The number of nitrogens with zero attached hydrogens (tertiary/aromatic N) is 1. The Labute approximate surface area is 113 Å². The van der Waals surface area contributed by atoms with Crippen molar-refractivity contribution in [3.8, 4) is 11.3 Å². The van der Waals surface area contributed by atoms with E-state index >= 15 is 0 Å². The van der Waals surface area contributed by atoms with Crippen LogP contribution in [0.25, 0.3) is 11.3 Å². The Kier molecular flexibility index (Phi) is 3.92. The average Bonchev–Trinajstić information content (AvgIpc) is 2.27. The zero-order valence-corrected chi connectivity index (χ0v) is 11.8. The summed E-state index contributed by atoms with van der Waals surface area (Å²) in [4.78, 5) is 7.41. The van der Waals surface area contributed by atoms with Gasteiger partial charge in [0.15, 0.2) is 4.77 Å². The van der Waals surface area contributed by atoms with Crippen LogP contribution in [0, 0.1) is 17.6 Å². The molecule has 94 valence electrons. The van der Waals surface area contributed by atoms with Gasteiger partial charge in [-0.1, -0.05) is 32.0 Å². The highest BCUT2D eigenvalue weighted by molar-refractivity contribution is 7.71. The van der Waals surface area contributed by atoms with Crippen molar-refractivity contribution in [1.29, 1.82) is 0 Å². The lowest BCUT2D eigenvalue weighted by molar-refractivity contribution is 0.647. The molecule has 2 nitrogen and oxygen atoms in total. The second-order valence-electron chi connectivity index (χ2n) is 5.05. The summed E-state index contributed by atoms with van der Waals surface area (Å²) in [6.07, 6.45) is 1.09. The summed E-state index contributed by atoms with van der Waals surface area (Å²) in [5.74, 6) is 0.661. The zero-order valence-electron chi connectivity index (χ0n) is 11.0. The molecule has 1 heterocycles. The second kappa shape index (κ2) is 5.44. The van der Waals surface area contributed by atoms with Crippen LogP contribution in [-0.4, -0.2) is 9.97 Å². The van der Waals surface area contributed by atoms with Gasteiger partial charge in [-0.3, -0.25) is 0 Å². The van der Waals surface area contributed by atoms with Crippen LogP contribution in [0.15, 0.2) is 30.3 Å². The monoisotopic (exact) mass is 258 g/mol. The number of benzene rings is 1. The first-order valence-corrected chi connectivity index (χ1v) is 6.62. The normalized spacial score (nSPS) is 10.9. The van der Waals surface area contributed by atoms with E-state index < -0.39 is 0 Å². The van der Waals surface area contributed by atoms with Crippen molar-refractivity contribution in [2.24, 2.45) is 5.92 Å². The molecule has 0 unspecified atom stereocenters. The van der Waals surface area contributed by atoms with Crippen molar-refractivity contribution in [2.75, 3.05) is 0 Å². The van der Waals surface area contributed by atoms with Gasteiger partial charge in [0, 0.05) is 11.3 Å². The van der Waals surface area contributed by atoms with E-state index in [4.69, 9.17) is 12.2 Å². The molecule has 2 aromatic rings. The minimum Gasteiger partial charge on any atom is -0.335 e. The van der Waals surface area contributed by atoms with Crippen molar-refractivity contribution < 1.29 is 0 Å². The van der Waals surface area contributed by atoms with Crippen molar-refractivity contribution in [3.63, 3.8) is 0 Å². The third kappa shape index (κ3) is 3.26. The molecule has 0 aliphatic rings. The molecule has 1 aromatic carbocycles. The second-order valence-corrected chi connectivity index (χ2v) is 5.44. The number of aromatic nitrogens is 2. The molecule has 1 aromatic heterocycles. The lowest BCUT2D eigenvalue weighted by Gasteiger charge is -2.07. The summed E-state index contributed by atoms with van der Waals surface area (Å²) < 4.78 is 0.541. The Bertz CT molecular complexity index is 599. The lowest BCUT2D eigenvalue weighted by atomic mass is 10.00. The third-order valence-corrected chi connectivity index (χ3v) is 2.94. The Morgan fingerprint density at radius 1 is 1.28 bits per heavy atom. The third-order valence-electron chi connectivity index (χ3n) is 2.75. The highest BCUT2D eigenvalue weighted by Gasteiger charge is 2.03. The fourth-order valence-corrected chi connectivity index (χ4v) is 2.32. The van der Waals surface area contributed by atoms with E-state index in [-0.39, 0.29) is 0 Å². The van der Waals surface area contributed by atoms with E-state index in [0.29, 0.717) is 10.7 Å². The van der Waals surface area contributed by atoms with Gasteiger partial charge in [-0.2, -0.15) is 0 Å². The van der Waals surface area contributed by atoms with Crippen molar-refractivity contribution in [1.82, 2.24) is 9.97 Å². The van der Waals surface area contributed by atoms with Gasteiger partial charge in [0.05, 0.1) is 5.69 Å². The Hall–Kier alpha value is -1.48. The number of nitrogens with one attached hydrogen (secondary N) is 1. The molecule has 0 fully saturated rings. The van der Waals surface area contributed by atoms with E-state index in [1.54, 1.807) is 0 Å². The van der Waals surface area contributed by atoms with Crippen LogP contribution in [0.2, 0.25) is 0 Å². The molecule has 0 saturated heterocycles. The predicted molar refractivity (Wildman–Crippen MR) is 78.1 cm³/mol. The summed E-state index contributed by atoms with van der Waals surface area (Å²) >= 11 is 5.12. The van der Waals surface area contributed by atoms with Gasteiger partial charge in [-0.25, -0.2) is 4.98 Å². The molecule has 18 heavy (non-hydrogen) atoms. The summed E-state index contributed by atoms with van der Waals surface area (Å²) in [5, 5.41) is 0. The number of aromatic amines is 1. The Morgan fingerprint density at radius 3 is 2.72 bits per heavy atom. The Morgan fingerprint density at radius 2 is 2.06 bits per heavy atom.